The monoisotopic (exact) mass is 390 g/mol. The predicted octanol–water partition coefficient (Wildman–Crippen LogP) is 2.84. The second-order valence-corrected chi connectivity index (χ2v) is 5.98. The fourth-order valence-corrected chi connectivity index (χ4v) is 2.29. The van der Waals surface area contributed by atoms with Crippen LogP contribution < -0.4 is 15.8 Å². The van der Waals surface area contributed by atoms with Crippen molar-refractivity contribution >= 4 is 0 Å². The number of halogens is 5. The summed E-state index contributed by atoms with van der Waals surface area (Å²) in [6.45, 7) is -0.1000. The summed E-state index contributed by atoms with van der Waals surface area (Å²) in [6.07, 6.45) is -5.50. The van der Waals surface area contributed by atoms with Crippen molar-refractivity contribution in [1.82, 2.24) is 5.32 Å². The molecular weight excluding hydrogens is 371 g/mol. The van der Waals surface area contributed by atoms with Crippen molar-refractivity contribution < 1.29 is 31.8 Å². The fourth-order valence-electron chi connectivity index (χ4n) is 2.29. The van der Waals surface area contributed by atoms with Crippen molar-refractivity contribution in [1.29, 1.82) is 0 Å². The number of hydrogen-bond acceptors (Lipinski definition) is 4. The molecule has 0 aliphatic heterocycles. The number of rotatable bonds is 8. The number of nitrogens with two attached hydrogens (primary N) is 1. The number of aliphatic hydroxyl groups excluding tert-OH is 1. The van der Waals surface area contributed by atoms with E-state index in [0.29, 0.717) is 11.6 Å². The Kier molecular flexibility index (Phi) is 7.11. The van der Waals surface area contributed by atoms with Crippen molar-refractivity contribution in [3.05, 3.63) is 65.2 Å². The molecule has 0 saturated heterocycles. The van der Waals surface area contributed by atoms with Crippen molar-refractivity contribution in [2.75, 3.05) is 13.2 Å². The van der Waals surface area contributed by atoms with Crippen LogP contribution >= 0.6 is 0 Å². The highest BCUT2D eigenvalue weighted by Gasteiger charge is 2.30. The molecule has 2 rings (SSSR count). The van der Waals surface area contributed by atoms with E-state index >= 15 is 0 Å². The van der Waals surface area contributed by atoms with Crippen LogP contribution in [-0.2, 0) is 12.7 Å². The SMILES string of the molecule is NC(COc1cc(F)cc(F)c1)C(O)CNCc1cccc(C(F)(F)F)c1. The van der Waals surface area contributed by atoms with Gasteiger partial charge in [-0.15, -0.1) is 0 Å². The summed E-state index contributed by atoms with van der Waals surface area (Å²) in [5, 5.41) is 12.8. The smallest absolute Gasteiger partial charge is 0.416 e. The third-order valence-corrected chi connectivity index (χ3v) is 3.71. The largest absolute Gasteiger partial charge is 0.492 e. The van der Waals surface area contributed by atoms with Crippen molar-refractivity contribution in [3.8, 4) is 5.75 Å². The summed E-state index contributed by atoms with van der Waals surface area (Å²) >= 11 is 0. The Bertz CT molecular complexity index is 735. The van der Waals surface area contributed by atoms with Gasteiger partial charge in [-0.25, -0.2) is 8.78 Å². The Morgan fingerprint density at radius 2 is 1.74 bits per heavy atom. The average Bonchev–Trinajstić information content (AvgIpc) is 2.58. The first-order chi connectivity index (χ1) is 12.6. The molecule has 0 radical (unpaired) electrons. The number of alkyl halides is 3. The fraction of sp³-hybridized carbons (Fsp3) is 0.333. The van der Waals surface area contributed by atoms with Gasteiger partial charge in [0.15, 0.2) is 0 Å². The molecule has 2 aromatic carbocycles. The molecule has 0 aliphatic rings. The maximum Gasteiger partial charge on any atom is 0.416 e. The quantitative estimate of drug-likeness (QED) is 0.607. The molecule has 2 unspecified atom stereocenters. The van der Waals surface area contributed by atoms with Crippen LogP contribution in [0.2, 0.25) is 0 Å². The first-order valence-corrected chi connectivity index (χ1v) is 8.04. The van der Waals surface area contributed by atoms with Gasteiger partial charge in [-0.3, -0.25) is 0 Å². The molecule has 27 heavy (non-hydrogen) atoms. The topological polar surface area (TPSA) is 67.5 Å². The van der Waals surface area contributed by atoms with Crippen LogP contribution in [0.1, 0.15) is 11.1 Å². The zero-order valence-corrected chi connectivity index (χ0v) is 14.1. The number of nitrogens with one attached hydrogen (secondary N) is 1. The molecule has 2 aromatic rings. The van der Waals surface area contributed by atoms with Crippen molar-refractivity contribution in [2.24, 2.45) is 5.73 Å². The lowest BCUT2D eigenvalue weighted by atomic mass is 10.1. The van der Waals surface area contributed by atoms with Crippen molar-refractivity contribution in [3.63, 3.8) is 0 Å². The predicted molar refractivity (Wildman–Crippen MR) is 89.0 cm³/mol. The summed E-state index contributed by atoms with van der Waals surface area (Å²) in [6, 6.07) is 6.60. The summed E-state index contributed by atoms with van der Waals surface area (Å²) in [4.78, 5) is 0. The normalized spacial score (nSPS) is 14.0. The standard InChI is InChI=1S/C18H19F5N2O2/c19-13-5-14(20)7-15(6-13)27-10-16(24)17(26)9-25-8-11-2-1-3-12(4-11)18(21,22)23/h1-7,16-17,25-26H,8-10,24H2. The molecule has 0 aliphatic carbocycles. The highest BCUT2D eigenvalue weighted by Crippen LogP contribution is 2.29. The van der Waals surface area contributed by atoms with Gasteiger partial charge in [0.25, 0.3) is 0 Å². The van der Waals surface area contributed by atoms with Crippen molar-refractivity contribution in [2.45, 2.75) is 24.9 Å². The van der Waals surface area contributed by atoms with Crippen LogP contribution in [0.5, 0.6) is 5.75 Å². The summed E-state index contributed by atoms with van der Waals surface area (Å²) in [5.74, 6) is -1.67. The number of ether oxygens (including phenoxy) is 1. The third-order valence-electron chi connectivity index (χ3n) is 3.71. The molecule has 0 heterocycles. The maximum absolute atomic E-state index is 13.1. The number of benzene rings is 2. The van der Waals surface area contributed by atoms with Gasteiger partial charge in [-0.2, -0.15) is 13.2 Å². The van der Waals surface area contributed by atoms with Crippen LogP contribution in [0, 0.1) is 11.6 Å². The average molecular weight is 390 g/mol. The van der Waals surface area contributed by atoms with E-state index in [1.807, 2.05) is 0 Å². The second kappa shape index (κ2) is 9.12. The van der Waals surface area contributed by atoms with E-state index in [1.165, 1.54) is 12.1 Å². The lowest BCUT2D eigenvalue weighted by Crippen LogP contribution is -2.45. The van der Waals surface area contributed by atoms with E-state index in [0.717, 1.165) is 24.3 Å². The van der Waals surface area contributed by atoms with Gasteiger partial charge in [-0.05, 0) is 11.6 Å². The zero-order valence-electron chi connectivity index (χ0n) is 14.1. The zero-order chi connectivity index (χ0) is 20.0. The summed E-state index contributed by atoms with van der Waals surface area (Å²) < 4.78 is 69.3. The van der Waals surface area contributed by atoms with E-state index in [2.05, 4.69) is 5.32 Å². The summed E-state index contributed by atoms with van der Waals surface area (Å²) in [7, 11) is 0. The number of hydrogen-bond donors (Lipinski definition) is 3. The minimum Gasteiger partial charge on any atom is -0.492 e. The molecular formula is C18H19F5N2O2. The second-order valence-electron chi connectivity index (χ2n) is 5.98. The van der Waals surface area contributed by atoms with Gasteiger partial charge >= 0.3 is 6.18 Å². The molecule has 0 aromatic heterocycles. The van der Waals surface area contributed by atoms with Gasteiger partial charge < -0.3 is 20.9 Å². The van der Waals surface area contributed by atoms with E-state index in [9.17, 15) is 27.1 Å². The minimum absolute atomic E-state index is 0.00170. The van der Waals surface area contributed by atoms with Gasteiger partial charge in [0.05, 0.1) is 17.7 Å². The molecule has 4 N–H and O–H groups in total. The molecule has 0 fully saturated rings. The van der Waals surface area contributed by atoms with Gasteiger partial charge in [0.2, 0.25) is 0 Å². The molecule has 0 spiro atoms. The third kappa shape index (κ3) is 6.78. The van der Waals surface area contributed by atoms with Crippen LogP contribution in [0.3, 0.4) is 0 Å². The van der Waals surface area contributed by atoms with Crippen LogP contribution in [0.15, 0.2) is 42.5 Å². The van der Waals surface area contributed by atoms with E-state index < -0.39 is 35.5 Å². The Morgan fingerprint density at radius 1 is 1.07 bits per heavy atom. The number of aliphatic hydroxyl groups is 1. The Morgan fingerprint density at radius 3 is 2.37 bits per heavy atom. The van der Waals surface area contributed by atoms with Gasteiger partial charge in [-0.1, -0.05) is 18.2 Å². The minimum atomic E-state index is -4.42. The molecule has 0 saturated carbocycles. The first-order valence-electron chi connectivity index (χ1n) is 8.04. The molecule has 2 atom stereocenters. The molecule has 0 amide bonds. The molecule has 4 nitrogen and oxygen atoms in total. The maximum atomic E-state index is 13.1. The highest BCUT2D eigenvalue weighted by molar-refractivity contribution is 5.25. The van der Waals surface area contributed by atoms with Crippen LogP contribution in [-0.4, -0.2) is 30.4 Å². The van der Waals surface area contributed by atoms with Crippen LogP contribution in [0.4, 0.5) is 22.0 Å². The lowest BCUT2D eigenvalue weighted by Gasteiger charge is -2.20. The molecule has 148 valence electrons. The first kappa shape index (κ1) is 21.1. The molecule has 9 heteroatoms. The molecule has 0 bridgehead atoms. The van der Waals surface area contributed by atoms with E-state index in [4.69, 9.17) is 10.5 Å². The van der Waals surface area contributed by atoms with Gasteiger partial charge in [0, 0.05) is 31.3 Å². The van der Waals surface area contributed by atoms with E-state index in [-0.39, 0.29) is 25.4 Å². The lowest BCUT2D eigenvalue weighted by molar-refractivity contribution is -0.137. The Labute approximate surface area is 152 Å². The summed E-state index contributed by atoms with van der Waals surface area (Å²) in [5.41, 5.74) is 5.40. The van der Waals surface area contributed by atoms with Crippen LogP contribution in [0.25, 0.3) is 0 Å². The van der Waals surface area contributed by atoms with E-state index in [1.54, 1.807) is 0 Å². The Balaban J connectivity index is 1.79. The highest BCUT2D eigenvalue weighted by atomic mass is 19.4. The van der Waals surface area contributed by atoms with Gasteiger partial charge in [0.1, 0.15) is 24.0 Å². The Hall–Kier alpha value is -2.23.